The SMILES string of the molecule is Nc1c(CC(=O)[O-])cccc1C(=O)c1ccccc1.Nc1c(CC(=O)[O-])cccc1C(=O)c1ccccc1.[Ca+2]. The predicted molar refractivity (Wildman–Crippen MR) is 145 cm³/mol. The number of nitrogens with two attached hydrogens (primary N) is 2. The van der Waals surface area contributed by atoms with Gasteiger partial charge in [0, 0.05) is 58.4 Å². The minimum absolute atomic E-state index is 0. The van der Waals surface area contributed by atoms with Gasteiger partial charge in [-0.05, 0) is 23.3 Å². The molecule has 192 valence electrons. The number of carboxylic acids is 2. The van der Waals surface area contributed by atoms with Crippen molar-refractivity contribution in [3.05, 3.63) is 130 Å². The van der Waals surface area contributed by atoms with Gasteiger partial charge in [0.25, 0.3) is 0 Å². The fourth-order valence-electron chi connectivity index (χ4n) is 3.73. The van der Waals surface area contributed by atoms with Crippen molar-refractivity contribution in [1.82, 2.24) is 0 Å². The Morgan fingerprint density at radius 3 is 1.15 bits per heavy atom. The molecule has 0 bridgehead atoms. The molecule has 0 saturated heterocycles. The third kappa shape index (κ3) is 8.51. The van der Waals surface area contributed by atoms with Gasteiger partial charge in [-0.3, -0.25) is 9.59 Å². The van der Waals surface area contributed by atoms with Crippen LogP contribution in [0.15, 0.2) is 97.1 Å². The quantitative estimate of drug-likeness (QED) is 0.188. The number of carboxylic acid groups (broad SMARTS) is 2. The summed E-state index contributed by atoms with van der Waals surface area (Å²) in [5.74, 6) is -2.90. The van der Waals surface area contributed by atoms with Crippen LogP contribution in [0.2, 0.25) is 0 Å². The van der Waals surface area contributed by atoms with Crippen molar-refractivity contribution in [2.45, 2.75) is 12.8 Å². The molecule has 0 unspecified atom stereocenters. The minimum Gasteiger partial charge on any atom is -0.550 e. The molecule has 39 heavy (non-hydrogen) atoms. The fraction of sp³-hybridized carbons (Fsp3) is 0.0667. The van der Waals surface area contributed by atoms with Crippen LogP contribution in [-0.4, -0.2) is 61.2 Å². The van der Waals surface area contributed by atoms with Crippen molar-refractivity contribution in [2.75, 3.05) is 11.5 Å². The summed E-state index contributed by atoms with van der Waals surface area (Å²) in [6.07, 6.45) is -0.608. The Kier molecular flexibility index (Phi) is 11.9. The van der Waals surface area contributed by atoms with Gasteiger partial charge in [-0.2, -0.15) is 0 Å². The summed E-state index contributed by atoms with van der Waals surface area (Å²) in [5, 5.41) is 21.2. The Morgan fingerprint density at radius 2 is 0.846 bits per heavy atom. The van der Waals surface area contributed by atoms with Gasteiger partial charge < -0.3 is 31.3 Å². The molecule has 8 nitrogen and oxygen atoms in total. The van der Waals surface area contributed by atoms with Gasteiger partial charge >= 0.3 is 37.7 Å². The van der Waals surface area contributed by atoms with Crippen LogP contribution >= 0.6 is 0 Å². The Hall–Kier alpha value is -3.98. The molecule has 0 fully saturated rings. The number of rotatable bonds is 8. The summed E-state index contributed by atoms with van der Waals surface area (Å²) in [7, 11) is 0. The molecule has 0 aliphatic heterocycles. The van der Waals surface area contributed by atoms with E-state index < -0.39 is 11.9 Å². The van der Waals surface area contributed by atoms with Crippen LogP contribution in [0.5, 0.6) is 0 Å². The van der Waals surface area contributed by atoms with Gasteiger partial charge in [-0.1, -0.05) is 84.9 Å². The molecule has 0 atom stereocenters. The van der Waals surface area contributed by atoms with Crippen molar-refractivity contribution in [1.29, 1.82) is 0 Å². The smallest absolute Gasteiger partial charge is 0.550 e. The third-order valence-corrected chi connectivity index (χ3v) is 5.62. The number of carbonyl (C=O) groups is 4. The van der Waals surface area contributed by atoms with E-state index in [-0.39, 0.29) is 73.5 Å². The maximum absolute atomic E-state index is 12.3. The second kappa shape index (κ2) is 14.8. The van der Waals surface area contributed by atoms with Gasteiger partial charge in [-0.25, -0.2) is 0 Å². The topological polar surface area (TPSA) is 166 Å². The average Bonchev–Trinajstić information content (AvgIpc) is 2.91. The second-order valence-corrected chi connectivity index (χ2v) is 8.24. The van der Waals surface area contributed by atoms with E-state index in [0.717, 1.165) is 0 Å². The summed E-state index contributed by atoms with van der Waals surface area (Å²) < 4.78 is 0. The van der Waals surface area contributed by atoms with Crippen LogP contribution in [0.4, 0.5) is 11.4 Å². The first-order chi connectivity index (χ1) is 18.2. The van der Waals surface area contributed by atoms with Gasteiger partial charge in [0.05, 0.1) is 0 Å². The zero-order valence-electron chi connectivity index (χ0n) is 21.0. The van der Waals surface area contributed by atoms with Crippen molar-refractivity contribution < 1.29 is 29.4 Å². The first-order valence-corrected chi connectivity index (χ1v) is 11.5. The first-order valence-electron chi connectivity index (χ1n) is 11.5. The molecule has 0 spiro atoms. The number of para-hydroxylation sites is 2. The van der Waals surface area contributed by atoms with Crippen molar-refractivity contribution in [2.24, 2.45) is 0 Å². The molecule has 4 rings (SSSR count). The molecular formula is C30H24CaN2O6. The normalized spacial score (nSPS) is 9.85. The molecular weight excluding hydrogens is 524 g/mol. The second-order valence-electron chi connectivity index (χ2n) is 8.24. The number of carbonyl (C=O) groups excluding carboxylic acids is 4. The van der Waals surface area contributed by atoms with E-state index in [4.69, 9.17) is 11.5 Å². The number of hydrogen-bond acceptors (Lipinski definition) is 8. The molecule has 4 aromatic rings. The summed E-state index contributed by atoms with van der Waals surface area (Å²) >= 11 is 0. The number of anilines is 2. The number of aliphatic carboxylic acids is 2. The molecule has 9 heteroatoms. The molecule has 0 radical (unpaired) electrons. The van der Waals surface area contributed by atoms with Gasteiger partial charge in [-0.15, -0.1) is 0 Å². The largest absolute Gasteiger partial charge is 2.00 e. The molecule has 0 saturated carbocycles. The van der Waals surface area contributed by atoms with E-state index in [2.05, 4.69) is 0 Å². The van der Waals surface area contributed by atoms with E-state index in [1.54, 1.807) is 84.9 Å². The summed E-state index contributed by atoms with van der Waals surface area (Å²) in [5.41, 5.74) is 14.5. The minimum atomic E-state index is -1.23. The Balaban J connectivity index is 0.000000267. The standard InChI is InChI=1S/2C15H13NO3.Ca/c2*16-14-11(9-13(17)18)7-4-8-12(14)15(19)10-5-2-1-3-6-10;/h2*1-8H,9,16H2,(H,17,18);/q;;+2/p-2. The van der Waals surface area contributed by atoms with Crippen LogP contribution in [0.3, 0.4) is 0 Å². The maximum atomic E-state index is 12.3. The first kappa shape index (κ1) is 31.2. The van der Waals surface area contributed by atoms with Crippen LogP contribution < -0.4 is 21.7 Å². The van der Waals surface area contributed by atoms with Crippen molar-refractivity contribution in [3.63, 3.8) is 0 Å². The summed E-state index contributed by atoms with van der Waals surface area (Å²) in [6, 6.07) is 27.0. The number of hydrogen-bond donors (Lipinski definition) is 2. The van der Waals surface area contributed by atoms with Crippen LogP contribution in [-0.2, 0) is 22.4 Å². The zero-order valence-corrected chi connectivity index (χ0v) is 23.2. The number of nitrogen functional groups attached to an aromatic ring is 2. The van der Waals surface area contributed by atoms with E-state index >= 15 is 0 Å². The Labute approximate surface area is 255 Å². The van der Waals surface area contributed by atoms with Gasteiger partial charge in [0.15, 0.2) is 11.6 Å². The van der Waals surface area contributed by atoms with E-state index in [1.807, 2.05) is 12.1 Å². The molecule has 0 aliphatic carbocycles. The van der Waals surface area contributed by atoms with E-state index in [1.165, 1.54) is 0 Å². The monoisotopic (exact) mass is 548 g/mol. The maximum Gasteiger partial charge on any atom is 2.00 e. The van der Waals surface area contributed by atoms with E-state index in [0.29, 0.717) is 33.4 Å². The summed E-state index contributed by atoms with van der Waals surface area (Å²) in [6.45, 7) is 0. The molecule has 0 aliphatic rings. The van der Waals surface area contributed by atoms with Crippen LogP contribution in [0.1, 0.15) is 43.0 Å². The van der Waals surface area contributed by atoms with Crippen LogP contribution in [0, 0.1) is 0 Å². The fourth-order valence-corrected chi connectivity index (χ4v) is 3.73. The third-order valence-electron chi connectivity index (χ3n) is 5.62. The zero-order chi connectivity index (χ0) is 27.7. The van der Waals surface area contributed by atoms with Crippen molar-refractivity contribution in [3.8, 4) is 0 Å². The predicted octanol–water partition coefficient (Wildman–Crippen LogP) is 1.20. The van der Waals surface area contributed by atoms with Crippen LogP contribution in [0.25, 0.3) is 0 Å². The molecule has 4 aromatic carbocycles. The Bertz CT molecular complexity index is 1360. The van der Waals surface area contributed by atoms with E-state index in [9.17, 15) is 29.4 Å². The van der Waals surface area contributed by atoms with Gasteiger partial charge in [0.2, 0.25) is 0 Å². The molecule has 0 aromatic heterocycles. The molecule has 0 amide bonds. The summed E-state index contributed by atoms with van der Waals surface area (Å²) in [4.78, 5) is 45.8. The molecule has 0 heterocycles. The molecule has 4 N–H and O–H groups in total. The number of benzene rings is 4. The van der Waals surface area contributed by atoms with Crippen molar-refractivity contribution >= 4 is 72.6 Å². The Morgan fingerprint density at radius 1 is 0.513 bits per heavy atom. The number of ketones is 2. The average molecular weight is 549 g/mol. The van der Waals surface area contributed by atoms with Gasteiger partial charge in [0.1, 0.15) is 0 Å².